The predicted octanol–water partition coefficient (Wildman–Crippen LogP) is 1.55. The third-order valence-electron chi connectivity index (χ3n) is 1.03. The second-order valence-electron chi connectivity index (χ2n) is 1.60. The van der Waals surface area contributed by atoms with E-state index in [0.717, 1.165) is 11.3 Å². The number of aldehydes is 1. The number of carbonyl (C=O) groups excluding carboxylic acids is 1. The van der Waals surface area contributed by atoms with Gasteiger partial charge in [0.05, 0.1) is 10.7 Å². The van der Waals surface area contributed by atoms with E-state index in [0.29, 0.717) is 5.69 Å². The minimum Gasteiger partial charge on any atom is -0.348 e. The van der Waals surface area contributed by atoms with Crippen LogP contribution in [0.1, 0.15) is 10.5 Å². The summed E-state index contributed by atoms with van der Waals surface area (Å²) in [6, 6.07) is 3.65. The Labute approximate surface area is 57.7 Å². The molecule has 2 nitrogen and oxygen atoms in total. The van der Waals surface area contributed by atoms with E-state index in [1.54, 1.807) is 17.8 Å². The molecule has 0 unspecified atom stereocenters. The molecule has 0 bridgehead atoms. The zero-order valence-electron chi connectivity index (χ0n) is 5.05. The van der Waals surface area contributed by atoms with Crippen LogP contribution in [0, 0.1) is 0 Å². The van der Waals surface area contributed by atoms with E-state index >= 15 is 0 Å². The summed E-state index contributed by atoms with van der Waals surface area (Å²) in [7, 11) is 0. The first kappa shape index (κ1) is 6.42. The molecule has 1 aromatic rings. The highest BCUT2D eigenvalue weighted by molar-refractivity contribution is 7.98. The number of rotatable bonds is 2. The van der Waals surface area contributed by atoms with Crippen molar-refractivity contribution in [2.75, 3.05) is 6.26 Å². The molecule has 0 amide bonds. The first-order chi connectivity index (χ1) is 4.36. The molecular formula is C6H7NOS. The van der Waals surface area contributed by atoms with Gasteiger partial charge in [0.1, 0.15) is 0 Å². The van der Waals surface area contributed by atoms with Crippen molar-refractivity contribution >= 4 is 18.0 Å². The summed E-state index contributed by atoms with van der Waals surface area (Å²) in [5, 5.41) is 1.03. The molecule has 0 spiro atoms. The Bertz CT molecular complexity index is 207. The van der Waals surface area contributed by atoms with Gasteiger partial charge < -0.3 is 4.98 Å². The Hall–Kier alpha value is -0.700. The topological polar surface area (TPSA) is 32.9 Å². The van der Waals surface area contributed by atoms with Crippen molar-refractivity contribution < 1.29 is 4.79 Å². The molecule has 0 aliphatic heterocycles. The maximum atomic E-state index is 10.1. The Kier molecular flexibility index (Phi) is 1.95. The average Bonchev–Trinajstić information content (AvgIpc) is 2.34. The van der Waals surface area contributed by atoms with Crippen LogP contribution in [0.4, 0.5) is 0 Å². The van der Waals surface area contributed by atoms with E-state index in [1.165, 1.54) is 0 Å². The van der Waals surface area contributed by atoms with E-state index in [1.807, 2.05) is 12.3 Å². The zero-order chi connectivity index (χ0) is 6.69. The SMILES string of the molecule is CSc1ccc(C=O)[nH]1. The van der Waals surface area contributed by atoms with Gasteiger partial charge in [-0.3, -0.25) is 4.79 Å². The van der Waals surface area contributed by atoms with Gasteiger partial charge >= 0.3 is 0 Å². The lowest BCUT2D eigenvalue weighted by Gasteiger charge is -1.83. The molecule has 0 atom stereocenters. The van der Waals surface area contributed by atoms with Crippen molar-refractivity contribution in [2.24, 2.45) is 0 Å². The lowest BCUT2D eigenvalue weighted by atomic mass is 10.5. The molecule has 0 saturated carbocycles. The molecule has 0 aromatic carbocycles. The second-order valence-corrected chi connectivity index (χ2v) is 2.45. The highest BCUT2D eigenvalue weighted by atomic mass is 32.2. The van der Waals surface area contributed by atoms with Gasteiger partial charge in [-0.15, -0.1) is 11.8 Å². The maximum Gasteiger partial charge on any atom is 0.166 e. The maximum absolute atomic E-state index is 10.1. The van der Waals surface area contributed by atoms with Gasteiger partial charge in [-0.25, -0.2) is 0 Å². The van der Waals surface area contributed by atoms with E-state index < -0.39 is 0 Å². The lowest BCUT2D eigenvalue weighted by Crippen LogP contribution is -1.75. The number of hydrogen-bond acceptors (Lipinski definition) is 2. The molecule has 0 fully saturated rings. The normalized spacial score (nSPS) is 9.44. The van der Waals surface area contributed by atoms with Crippen LogP contribution in [0.3, 0.4) is 0 Å². The van der Waals surface area contributed by atoms with Crippen molar-refractivity contribution in [2.45, 2.75) is 5.03 Å². The van der Waals surface area contributed by atoms with E-state index in [9.17, 15) is 4.79 Å². The van der Waals surface area contributed by atoms with E-state index in [2.05, 4.69) is 4.98 Å². The Morgan fingerprint density at radius 2 is 2.44 bits per heavy atom. The van der Waals surface area contributed by atoms with Gasteiger partial charge in [0.2, 0.25) is 0 Å². The fraction of sp³-hybridized carbons (Fsp3) is 0.167. The third kappa shape index (κ3) is 1.36. The van der Waals surface area contributed by atoms with Crippen molar-refractivity contribution in [3.63, 3.8) is 0 Å². The summed E-state index contributed by atoms with van der Waals surface area (Å²) in [5.74, 6) is 0. The minimum atomic E-state index is 0.638. The molecule has 9 heavy (non-hydrogen) atoms. The van der Waals surface area contributed by atoms with E-state index in [-0.39, 0.29) is 0 Å². The summed E-state index contributed by atoms with van der Waals surface area (Å²) in [6.07, 6.45) is 2.76. The fourth-order valence-electron chi connectivity index (χ4n) is 0.579. The number of thioether (sulfide) groups is 1. The molecule has 1 heterocycles. The largest absolute Gasteiger partial charge is 0.348 e. The number of carbonyl (C=O) groups is 1. The molecule has 0 radical (unpaired) electrons. The fourth-order valence-corrected chi connectivity index (χ4v) is 1.00. The first-order valence-corrected chi connectivity index (χ1v) is 3.77. The van der Waals surface area contributed by atoms with Crippen LogP contribution in [-0.4, -0.2) is 17.5 Å². The van der Waals surface area contributed by atoms with E-state index in [4.69, 9.17) is 0 Å². The molecule has 48 valence electrons. The van der Waals surface area contributed by atoms with Gasteiger partial charge in [-0.1, -0.05) is 0 Å². The van der Waals surface area contributed by atoms with Gasteiger partial charge in [-0.2, -0.15) is 0 Å². The Morgan fingerprint density at radius 1 is 1.67 bits per heavy atom. The van der Waals surface area contributed by atoms with Crippen LogP contribution in [0.5, 0.6) is 0 Å². The monoisotopic (exact) mass is 141 g/mol. The van der Waals surface area contributed by atoms with Crippen molar-refractivity contribution in [1.82, 2.24) is 4.98 Å². The van der Waals surface area contributed by atoms with Gasteiger partial charge in [-0.05, 0) is 18.4 Å². The Balaban J connectivity index is 2.86. The van der Waals surface area contributed by atoms with Crippen LogP contribution in [0.2, 0.25) is 0 Å². The number of H-pyrrole nitrogens is 1. The number of hydrogen-bond donors (Lipinski definition) is 1. The molecule has 0 saturated heterocycles. The Morgan fingerprint density at radius 3 is 2.78 bits per heavy atom. The lowest BCUT2D eigenvalue weighted by molar-refractivity contribution is 0.111. The van der Waals surface area contributed by atoms with Gasteiger partial charge in [0.15, 0.2) is 6.29 Å². The molecule has 0 aliphatic carbocycles. The number of aromatic nitrogens is 1. The van der Waals surface area contributed by atoms with Crippen LogP contribution in [0.25, 0.3) is 0 Å². The van der Waals surface area contributed by atoms with Crippen LogP contribution in [0.15, 0.2) is 17.2 Å². The molecule has 1 rings (SSSR count). The molecular weight excluding hydrogens is 134 g/mol. The highest BCUT2D eigenvalue weighted by Crippen LogP contribution is 2.11. The summed E-state index contributed by atoms with van der Waals surface area (Å²) in [4.78, 5) is 13.0. The summed E-state index contributed by atoms with van der Waals surface area (Å²) in [6.45, 7) is 0. The van der Waals surface area contributed by atoms with Crippen molar-refractivity contribution in [1.29, 1.82) is 0 Å². The summed E-state index contributed by atoms with van der Waals surface area (Å²) < 4.78 is 0. The molecule has 1 N–H and O–H groups in total. The standard InChI is InChI=1S/C6H7NOS/c1-9-6-3-2-5(4-8)7-6/h2-4,7H,1H3. The van der Waals surface area contributed by atoms with Crippen molar-refractivity contribution in [3.8, 4) is 0 Å². The first-order valence-electron chi connectivity index (χ1n) is 2.55. The van der Waals surface area contributed by atoms with Crippen LogP contribution in [-0.2, 0) is 0 Å². The number of aromatic amines is 1. The van der Waals surface area contributed by atoms with Gasteiger partial charge in [0.25, 0.3) is 0 Å². The smallest absolute Gasteiger partial charge is 0.166 e. The molecule has 1 aromatic heterocycles. The summed E-state index contributed by atoms with van der Waals surface area (Å²) in [5.41, 5.74) is 0.638. The van der Waals surface area contributed by atoms with Crippen LogP contribution < -0.4 is 0 Å². The third-order valence-corrected chi connectivity index (χ3v) is 1.71. The highest BCUT2D eigenvalue weighted by Gasteiger charge is 1.92. The average molecular weight is 141 g/mol. The van der Waals surface area contributed by atoms with Crippen LogP contribution >= 0.6 is 11.8 Å². The second kappa shape index (κ2) is 2.73. The molecule has 3 heteroatoms. The van der Waals surface area contributed by atoms with Gasteiger partial charge in [0, 0.05) is 0 Å². The number of nitrogens with one attached hydrogen (secondary N) is 1. The summed E-state index contributed by atoms with van der Waals surface area (Å²) >= 11 is 1.59. The predicted molar refractivity (Wildman–Crippen MR) is 38.0 cm³/mol. The van der Waals surface area contributed by atoms with Crippen molar-refractivity contribution in [3.05, 3.63) is 17.8 Å². The molecule has 0 aliphatic rings. The minimum absolute atomic E-state index is 0.638. The quantitative estimate of drug-likeness (QED) is 0.500. The zero-order valence-corrected chi connectivity index (χ0v) is 5.87.